The van der Waals surface area contributed by atoms with Crippen molar-refractivity contribution in [3.63, 3.8) is 0 Å². The van der Waals surface area contributed by atoms with Gasteiger partial charge in [0, 0.05) is 23.4 Å². The molecule has 1 aromatic heterocycles. The van der Waals surface area contributed by atoms with Gasteiger partial charge >= 0.3 is 0 Å². The predicted octanol–water partition coefficient (Wildman–Crippen LogP) is 3.57. The van der Waals surface area contributed by atoms with Gasteiger partial charge in [-0.25, -0.2) is 0 Å². The molecule has 2 heterocycles. The van der Waals surface area contributed by atoms with Gasteiger partial charge in [-0.2, -0.15) is 5.26 Å². The van der Waals surface area contributed by atoms with Crippen LogP contribution in [0.2, 0.25) is 0 Å². The summed E-state index contributed by atoms with van der Waals surface area (Å²) in [6, 6.07) is 9.08. The number of methoxy groups -OCH3 is 1. The Labute approximate surface area is 162 Å². The molecule has 1 aliphatic heterocycles. The highest BCUT2D eigenvalue weighted by Crippen LogP contribution is 2.37. The van der Waals surface area contributed by atoms with Crippen LogP contribution in [0.1, 0.15) is 46.1 Å². The molecule has 1 N–H and O–H groups in total. The highest BCUT2D eigenvalue weighted by molar-refractivity contribution is 7.16. The van der Waals surface area contributed by atoms with E-state index in [1.54, 1.807) is 31.4 Å². The molecule has 1 aliphatic rings. The first kappa shape index (κ1) is 18.9. The summed E-state index contributed by atoms with van der Waals surface area (Å²) in [5.41, 5.74) is 1.92. The van der Waals surface area contributed by atoms with Crippen LogP contribution in [0.5, 0.6) is 5.75 Å². The van der Waals surface area contributed by atoms with Crippen LogP contribution < -0.4 is 10.1 Å². The van der Waals surface area contributed by atoms with E-state index in [9.17, 15) is 14.9 Å². The molecule has 27 heavy (non-hydrogen) atoms. The first-order chi connectivity index (χ1) is 13.1. The summed E-state index contributed by atoms with van der Waals surface area (Å²) in [4.78, 5) is 27.6. The molecule has 0 bridgehead atoms. The average Bonchev–Trinajstić information content (AvgIpc) is 3.04. The van der Waals surface area contributed by atoms with Gasteiger partial charge in [0.15, 0.2) is 0 Å². The molecule has 0 unspecified atom stereocenters. The number of fused-ring (bicyclic) bond motifs is 1. The van der Waals surface area contributed by atoms with E-state index < -0.39 is 0 Å². The van der Waals surface area contributed by atoms with Crippen LogP contribution in [-0.2, 0) is 17.8 Å². The van der Waals surface area contributed by atoms with E-state index in [-0.39, 0.29) is 11.8 Å². The number of carbonyl (C=O) groups is 2. The average molecular weight is 383 g/mol. The Hall–Kier alpha value is -2.85. The number of amides is 2. The number of ether oxygens (including phenoxy) is 1. The van der Waals surface area contributed by atoms with E-state index in [2.05, 4.69) is 11.4 Å². The Balaban J connectivity index is 1.82. The number of anilines is 1. The number of rotatable bonds is 5. The van der Waals surface area contributed by atoms with E-state index in [0.29, 0.717) is 47.8 Å². The summed E-state index contributed by atoms with van der Waals surface area (Å²) in [5, 5.41) is 13.0. The number of nitrogens with zero attached hydrogens (tertiary/aromatic N) is 2. The largest absolute Gasteiger partial charge is 0.497 e. The second-order valence-corrected chi connectivity index (χ2v) is 7.43. The predicted molar refractivity (Wildman–Crippen MR) is 104 cm³/mol. The minimum absolute atomic E-state index is 0.136. The lowest BCUT2D eigenvalue weighted by molar-refractivity contribution is -0.132. The van der Waals surface area contributed by atoms with Gasteiger partial charge < -0.3 is 15.0 Å². The number of carbonyl (C=O) groups excluding carboxylic acids is 2. The Kier molecular flexibility index (Phi) is 5.77. The first-order valence-electron chi connectivity index (χ1n) is 8.85. The molecule has 140 valence electrons. The van der Waals surface area contributed by atoms with Crippen molar-refractivity contribution in [1.82, 2.24) is 4.90 Å². The highest BCUT2D eigenvalue weighted by atomic mass is 32.1. The molecule has 0 fully saturated rings. The van der Waals surface area contributed by atoms with E-state index in [4.69, 9.17) is 4.74 Å². The van der Waals surface area contributed by atoms with E-state index >= 15 is 0 Å². The van der Waals surface area contributed by atoms with Crippen molar-refractivity contribution in [3.05, 3.63) is 45.8 Å². The fourth-order valence-electron chi connectivity index (χ4n) is 3.13. The third-order valence-electron chi connectivity index (χ3n) is 4.54. The fourth-order valence-corrected chi connectivity index (χ4v) is 4.34. The topological polar surface area (TPSA) is 82.4 Å². The second-order valence-electron chi connectivity index (χ2n) is 6.32. The summed E-state index contributed by atoms with van der Waals surface area (Å²) in [6.07, 6.45) is 1.99. The zero-order valence-electron chi connectivity index (χ0n) is 15.4. The molecule has 3 rings (SSSR count). The Morgan fingerprint density at radius 3 is 2.93 bits per heavy atom. The van der Waals surface area contributed by atoms with Gasteiger partial charge in [-0.05, 0) is 36.6 Å². The third kappa shape index (κ3) is 3.96. The molecule has 0 radical (unpaired) electrons. The van der Waals surface area contributed by atoms with Crippen molar-refractivity contribution in [2.45, 2.75) is 32.7 Å². The maximum atomic E-state index is 12.6. The van der Waals surface area contributed by atoms with Gasteiger partial charge in [-0.15, -0.1) is 11.3 Å². The Morgan fingerprint density at radius 2 is 2.22 bits per heavy atom. The molecule has 2 amide bonds. The number of thiophene rings is 1. The van der Waals surface area contributed by atoms with Crippen LogP contribution in [0.3, 0.4) is 0 Å². The lowest BCUT2D eigenvalue weighted by atomic mass is 10.0. The molecule has 0 aliphatic carbocycles. The summed E-state index contributed by atoms with van der Waals surface area (Å²) in [7, 11) is 1.55. The van der Waals surface area contributed by atoms with Crippen LogP contribution >= 0.6 is 11.3 Å². The number of hydrogen-bond donors (Lipinski definition) is 1. The van der Waals surface area contributed by atoms with Gasteiger partial charge in [0.05, 0.1) is 19.2 Å². The minimum atomic E-state index is -0.289. The van der Waals surface area contributed by atoms with Gasteiger partial charge in [-0.3, -0.25) is 9.59 Å². The summed E-state index contributed by atoms with van der Waals surface area (Å²) < 4.78 is 5.15. The van der Waals surface area contributed by atoms with Crippen LogP contribution in [0.4, 0.5) is 5.00 Å². The van der Waals surface area contributed by atoms with Crippen LogP contribution in [-0.4, -0.2) is 30.4 Å². The standard InChI is InChI=1S/C20H21N3O3S/c1-3-5-18(24)23-9-8-15-16(11-21)20(27-17(15)12-23)22-19(25)13-6-4-7-14(10-13)26-2/h4,6-7,10H,3,5,8-9,12H2,1-2H3,(H,22,25). The van der Waals surface area contributed by atoms with Gasteiger partial charge in [0.2, 0.25) is 5.91 Å². The number of hydrogen-bond acceptors (Lipinski definition) is 5. The summed E-state index contributed by atoms with van der Waals surface area (Å²) in [6.45, 7) is 3.10. The molecule has 1 aromatic carbocycles. The van der Waals surface area contributed by atoms with Gasteiger partial charge in [0.25, 0.3) is 5.91 Å². The number of nitriles is 1. The monoisotopic (exact) mass is 383 g/mol. The van der Waals surface area contributed by atoms with Crippen molar-refractivity contribution in [3.8, 4) is 11.8 Å². The van der Waals surface area contributed by atoms with Gasteiger partial charge in [0.1, 0.15) is 16.8 Å². The number of nitrogens with one attached hydrogen (secondary N) is 1. The third-order valence-corrected chi connectivity index (χ3v) is 5.68. The summed E-state index contributed by atoms with van der Waals surface area (Å²) >= 11 is 1.38. The molecule has 6 nitrogen and oxygen atoms in total. The maximum Gasteiger partial charge on any atom is 0.256 e. The lowest BCUT2D eigenvalue weighted by Crippen LogP contribution is -2.35. The van der Waals surface area contributed by atoms with Gasteiger partial charge in [-0.1, -0.05) is 13.0 Å². The number of benzene rings is 1. The maximum absolute atomic E-state index is 12.6. The summed E-state index contributed by atoms with van der Waals surface area (Å²) in [5.74, 6) is 0.443. The SMILES string of the molecule is CCCC(=O)N1CCc2c(sc(NC(=O)c3cccc(OC)c3)c2C#N)C1. The second kappa shape index (κ2) is 8.23. The minimum Gasteiger partial charge on any atom is -0.497 e. The Morgan fingerprint density at radius 1 is 1.41 bits per heavy atom. The molecule has 0 saturated carbocycles. The van der Waals surface area contributed by atoms with Crippen LogP contribution in [0, 0.1) is 11.3 Å². The molecular formula is C20H21N3O3S. The Bertz CT molecular complexity index is 914. The van der Waals surface area contributed by atoms with Crippen molar-refractivity contribution in [2.24, 2.45) is 0 Å². The quantitative estimate of drug-likeness (QED) is 0.856. The van der Waals surface area contributed by atoms with Crippen LogP contribution in [0.25, 0.3) is 0 Å². The first-order valence-corrected chi connectivity index (χ1v) is 9.66. The van der Waals surface area contributed by atoms with Crippen molar-refractivity contribution < 1.29 is 14.3 Å². The molecule has 0 atom stereocenters. The molecular weight excluding hydrogens is 362 g/mol. The highest BCUT2D eigenvalue weighted by Gasteiger charge is 2.27. The van der Waals surface area contributed by atoms with Crippen LogP contribution in [0.15, 0.2) is 24.3 Å². The molecule has 0 spiro atoms. The van der Waals surface area contributed by atoms with E-state index in [0.717, 1.165) is 16.9 Å². The van der Waals surface area contributed by atoms with Crippen molar-refractivity contribution >= 4 is 28.2 Å². The van der Waals surface area contributed by atoms with Crippen molar-refractivity contribution in [2.75, 3.05) is 19.0 Å². The lowest BCUT2D eigenvalue weighted by Gasteiger charge is -2.26. The normalized spacial score (nSPS) is 12.9. The van der Waals surface area contributed by atoms with Crippen molar-refractivity contribution in [1.29, 1.82) is 5.26 Å². The zero-order valence-corrected chi connectivity index (χ0v) is 16.2. The smallest absolute Gasteiger partial charge is 0.256 e. The molecule has 2 aromatic rings. The molecule has 0 saturated heterocycles. The fraction of sp³-hybridized carbons (Fsp3) is 0.350. The van der Waals surface area contributed by atoms with E-state index in [1.807, 2.05) is 11.8 Å². The zero-order chi connectivity index (χ0) is 19.4. The van der Waals surface area contributed by atoms with E-state index in [1.165, 1.54) is 11.3 Å². The molecule has 7 heteroatoms.